The second-order valence-electron chi connectivity index (χ2n) is 7.87. The monoisotopic (exact) mass is 476 g/mol. The highest BCUT2D eigenvalue weighted by Gasteiger charge is 2.08. The summed E-state index contributed by atoms with van der Waals surface area (Å²) < 4.78 is 5.78. The van der Waals surface area contributed by atoms with Crippen LogP contribution in [0.15, 0.2) is 72.8 Å². The fraction of sp³-hybridized carbons (Fsp3) is 0.259. The highest BCUT2D eigenvalue weighted by molar-refractivity contribution is 6.00. The van der Waals surface area contributed by atoms with Gasteiger partial charge in [0.25, 0.3) is 5.91 Å². The topological polar surface area (TPSA) is 103 Å². The van der Waals surface area contributed by atoms with Gasteiger partial charge in [0, 0.05) is 30.0 Å². The fourth-order valence-electron chi connectivity index (χ4n) is 3.42. The summed E-state index contributed by atoms with van der Waals surface area (Å²) in [5.41, 5.74) is 2.48. The summed E-state index contributed by atoms with van der Waals surface area (Å²) >= 11 is 0. The maximum atomic E-state index is 12.3. The van der Waals surface area contributed by atoms with E-state index >= 15 is 0 Å². The third-order valence-electron chi connectivity index (χ3n) is 5.44. The van der Waals surface area contributed by atoms with Crippen LogP contribution in [0, 0.1) is 0 Å². The summed E-state index contributed by atoms with van der Waals surface area (Å²) in [7, 11) is 0. The fourth-order valence-corrected chi connectivity index (χ4v) is 3.42. The predicted molar refractivity (Wildman–Crippen MR) is 138 cm³/mol. The molecule has 0 saturated heterocycles. The summed E-state index contributed by atoms with van der Waals surface area (Å²) in [5.74, 6) is 1.09. The standard InChI is InChI=1S/C27H32N4O4/c1-3-31(4-2)17-16-28-26(33)21-8-10-22(11-9-21)29-27(34)30-23-12-14-24(15-13-23)35-25-7-5-6-20(18-25)19-32/h5-15,18,32H,3-4,16-17,19H2,1-2H3,(H,28,33)(H2,29,30,34). The van der Waals surface area contributed by atoms with Gasteiger partial charge in [0.05, 0.1) is 6.61 Å². The van der Waals surface area contributed by atoms with Crippen LogP contribution in [0.5, 0.6) is 11.5 Å². The molecule has 3 aromatic rings. The normalized spacial score (nSPS) is 10.6. The van der Waals surface area contributed by atoms with E-state index in [4.69, 9.17) is 4.74 Å². The van der Waals surface area contributed by atoms with Crippen molar-refractivity contribution >= 4 is 23.3 Å². The summed E-state index contributed by atoms with van der Waals surface area (Å²) in [4.78, 5) is 26.9. The molecule has 184 valence electrons. The quantitative estimate of drug-likeness (QED) is 0.322. The number of carbonyl (C=O) groups excluding carboxylic acids is 2. The maximum Gasteiger partial charge on any atom is 0.323 e. The van der Waals surface area contributed by atoms with Gasteiger partial charge in [-0.15, -0.1) is 0 Å². The van der Waals surface area contributed by atoms with Crippen molar-refractivity contribution in [2.24, 2.45) is 0 Å². The molecule has 0 heterocycles. The van der Waals surface area contributed by atoms with E-state index in [1.165, 1.54) is 0 Å². The molecule has 8 heteroatoms. The van der Waals surface area contributed by atoms with E-state index in [-0.39, 0.29) is 12.5 Å². The molecule has 4 N–H and O–H groups in total. The molecule has 0 aliphatic carbocycles. The molecular weight excluding hydrogens is 444 g/mol. The number of aliphatic hydroxyl groups excluding tert-OH is 1. The Morgan fingerprint density at radius 1 is 0.857 bits per heavy atom. The van der Waals surface area contributed by atoms with Crippen molar-refractivity contribution in [1.29, 1.82) is 0 Å². The van der Waals surface area contributed by atoms with E-state index in [0.29, 0.717) is 35.0 Å². The number of likely N-dealkylation sites (N-methyl/N-ethyl adjacent to an activating group) is 1. The third kappa shape index (κ3) is 8.13. The molecule has 35 heavy (non-hydrogen) atoms. The Balaban J connectivity index is 1.47. The number of nitrogens with one attached hydrogen (secondary N) is 3. The minimum absolute atomic E-state index is 0.0535. The summed E-state index contributed by atoms with van der Waals surface area (Å²) in [6.45, 7) is 7.43. The number of rotatable bonds is 11. The van der Waals surface area contributed by atoms with Crippen molar-refractivity contribution in [2.75, 3.05) is 36.8 Å². The number of carbonyl (C=O) groups is 2. The zero-order valence-electron chi connectivity index (χ0n) is 20.1. The first-order chi connectivity index (χ1) is 17.0. The zero-order valence-corrected chi connectivity index (χ0v) is 20.1. The number of hydrogen-bond acceptors (Lipinski definition) is 5. The second kappa shape index (κ2) is 13.1. The molecule has 0 aliphatic heterocycles. The van der Waals surface area contributed by atoms with Gasteiger partial charge in [-0.05, 0) is 79.3 Å². The Morgan fingerprint density at radius 3 is 2.09 bits per heavy atom. The first kappa shape index (κ1) is 25.7. The van der Waals surface area contributed by atoms with E-state index in [2.05, 4.69) is 34.7 Å². The minimum atomic E-state index is -0.397. The van der Waals surface area contributed by atoms with Gasteiger partial charge < -0.3 is 30.7 Å². The van der Waals surface area contributed by atoms with Crippen molar-refractivity contribution < 1.29 is 19.4 Å². The van der Waals surface area contributed by atoms with Crippen LogP contribution in [0.4, 0.5) is 16.2 Å². The highest BCUT2D eigenvalue weighted by Crippen LogP contribution is 2.24. The first-order valence-electron chi connectivity index (χ1n) is 11.7. The van der Waals surface area contributed by atoms with Gasteiger partial charge in [-0.25, -0.2) is 4.79 Å². The molecule has 3 rings (SSSR count). The number of anilines is 2. The van der Waals surface area contributed by atoms with Crippen LogP contribution in [0.25, 0.3) is 0 Å². The van der Waals surface area contributed by atoms with E-state index in [9.17, 15) is 14.7 Å². The average molecular weight is 477 g/mol. The predicted octanol–water partition coefficient (Wildman–Crippen LogP) is 4.69. The molecule has 0 saturated carbocycles. The zero-order chi connectivity index (χ0) is 25.0. The van der Waals surface area contributed by atoms with Gasteiger partial charge in [-0.1, -0.05) is 26.0 Å². The number of benzene rings is 3. The SMILES string of the molecule is CCN(CC)CCNC(=O)c1ccc(NC(=O)Nc2ccc(Oc3cccc(CO)c3)cc2)cc1. The van der Waals surface area contributed by atoms with Gasteiger partial charge in [0.15, 0.2) is 0 Å². The number of aliphatic hydroxyl groups is 1. The molecule has 3 amide bonds. The van der Waals surface area contributed by atoms with Gasteiger partial charge in [0.1, 0.15) is 11.5 Å². The van der Waals surface area contributed by atoms with E-state index < -0.39 is 6.03 Å². The molecule has 0 spiro atoms. The molecule has 8 nitrogen and oxygen atoms in total. The van der Waals surface area contributed by atoms with E-state index in [1.807, 2.05) is 12.1 Å². The smallest absolute Gasteiger partial charge is 0.323 e. The molecule has 3 aromatic carbocycles. The lowest BCUT2D eigenvalue weighted by Crippen LogP contribution is -2.34. The van der Waals surface area contributed by atoms with Crippen LogP contribution in [0.2, 0.25) is 0 Å². The van der Waals surface area contributed by atoms with Crippen molar-refractivity contribution in [1.82, 2.24) is 10.2 Å². The Hall–Kier alpha value is -3.88. The van der Waals surface area contributed by atoms with Crippen LogP contribution in [0.3, 0.4) is 0 Å². The van der Waals surface area contributed by atoms with Crippen LogP contribution in [0.1, 0.15) is 29.8 Å². The average Bonchev–Trinajstić information content (AvgIpc) is 2.88. The minimum Gasteiger partial charge on any atom is -0.457 e. The summed E-state index contributed by atoms with van der Waals surface area (Å²) in [6, 6.07) is 20.5. The third-order valence-corrected chi connectivity index (χ3v) is 5.44. The molecule has 0 bridgehead atoms. The molecule has 0 aromatic heterocycles. The Bertz CT molecular complexity index is 1100. The summed E-state index contributed by atoms with van der Waals surface area (Å²) in [6.07, 6.45) is 0. The number of urea groups is 1. The lowest BCUT2D eigenvalue weighted by atomic mass is 10.2. The first-order valence-corrected chi connectivity index (χ1v) is 11.7. The van der Waals surface area contributed by atoms with Crippen molar-refractivity contribution in [3.8, 4) is 11.5 Å². The molecule has 0 radical (unpaired) electrons. The molecule has 0 aliphatic rings. The number of hydrogen-bond donors (Lipinski definition) is 4. The van der Waals surface area contributed by atoms with Crippen LogP contribution >= 0.6 is 0 Å². The number of amides is 3. The molecule has 0 fully saturated rings. The lowest BCUT2D eigenvalue weighted by Gasteiger charge is -2.18. The Labute approximate surface area is 205 Å². The van der Waals surface area contributed by atoms with Crippen LogP contribution in [-0.2, 0) is 6.61 Å². The summed E-state index contributed by atoms with van der Waals surface area (Å²) in [5, 5.41) is 17.7. The van der Waals surface area contributed by atoms with Crippen molar-refractivity contribution in [3.63, 3.8) is 0 Å². The van der Waals surface area contributed by atoms with E-state index in [1.54, 1.807) is 60.7 Å². The highest BCUT2D eigenvalue weighted by atomic mass is 16.5. The van der Waals surface area contributed by atoms with Crippen LogP contribution < -0.4 is 20.7 Å². The van der Waals surface area contributed by atoms with Gasteiger partial charge >= 0.3 is 6.03 Å². The van der Waals surface area contributed by atoms with Crippen molar-refractivity contribution in [3.05, 3.63) is 83.9 Å². The van der Waals surface area contributed by atoms with Gasteiger partial charge in [-0.2, -0.15) is 0 Å². The van der Waals surface area contributed by atoms with Crippen LogP contribution in [-0.4, -0.2) is 48.1 Å². The lowest BCUT2D eigenvalue weighted by molar-refractivity contribution is 0.0949. The van der Waals surface area contributed by atoms with E-state index in [0.717, 1.165) is 25.2 Å². The molecular formula is C27H32N4O4. The molecule has 0 unspecified atom stereocenters. The van der Waals surface area contributed by atoms with Crippen molar-refractivity contribution in [2.45, 2.75) is 20.5 Å². The van der Waals surface area contributed by atoms with Gasteiger partial charge in [-0.3, -0.25) is 4.79 Å². The van der Waals surface area contributed by atoms with Gasteiger partial charge in [0.2, 0.25) is 0 Å². The molecule has 0 atom stereocenters. The number of nitrogens with zero attached hydrogens (tertiary/aromatic N) is 1. The Kier molecular flexibility index (Phi) is 9.65. The number of ether oxygens (including phenoxy) is 1. The Morgan fingerprint density at radius 2 is 1.49 bits per heavy atom. The maximum absolute atomic E-state index is 12.3. The second-order valence-corrected chi connectivity index (χ2v) is 7.87. The largest absolute Gasteiger partial charge is 0.457 e.